The van der Waals surface area contributed by atoms with E-state index in [0.29, 0.717) is 5.56 Å². The van der Waals surface area contributed by atoms with Crippen LogP contribution >= 0.6 is 0 Å². The van der Waals surface area contributed by atoms with Crippen molar-refractivity contribution in [1.29, 1.82) is 0 Å². The van der Waals surface area contributed by atoms with Gasteiger partial charge in [0.1, 0.15) is 0 Å². The minimum absolute atomic E-state index is 0.357. The molecule has 1 fully saturated rings. The highest BCUT2D eigenvalue weighted by Crippen LogP contribution is 2.18. The third-order valence-corrected chi connectivity index (χ3v) is 4.68. The second kappa shape index (κ2) is 9.56. The summed E-state index contributed by atoms with van der Waals surface area (Å²) in [5, 5.41) is 8.95. The second-order valence-corrected chi connectivity index (χ2v) is 6.45. The summed E-state index contributed by atoms with van der Waals surface area (Å²) in [4.78, 5) is 15.8. The molecule has 0 saturated carbocycles. The molecular formula is C19H30N2O2. The smallest absolute Gasteiger partial charge is 0.335 e. The predicted molar refractivity (Wildman–Crippen MR) is 95.4 cm³/mol. The molecule has 0 amide bonds. The SMILES string of the molecule is CCCCCCCCN1CCN(c2ccc(C(=O)O)cc2)CC1. The first-order chi connectivity index (χ1) is 11.2. The molecule has 4 heteroatoms. The topological polar surface area (TPSA) is 43.8 Å². The van der Waals surface area contributed by atoms with E-state index in [2.05, 4.69) is 16.7 Å². The van der Waals surface area contributed by atoms with Crippen molar-refractivity contribution in [1.82, 2.24) is 4.90 Å². The van der Waals surface area contributed by atoms with E-state index in [-0.39, 0.29) is 0 Å². The Labute approximate surface area is 140 Å². The number of hydrogen-bond donors (Lipinski definition) is 1. The van der Waals surface area contributed by atoms with Crippen LogP contribution in [0.3, 0.4) is 0 Å². The van der Waals surface area contributed by atoms with E-state index >= 15 is 0 Å². The molecule has 1 aromatic carbocycles. The molecule has 0 aliphatic carbocycles. The van der Waals surface area contributed by atoms with Crippen LogP contribution in [-0.4, -0.2) is 48.7 Å². The van der Waals surface area contributed by atoms with Crippen molar-refractivity contribution in [2.75, 3.05) is 37.6 Å². The molecule has 1 heterocycles. The number of piperazine rings is 1. The summed E-state index contributed by atoms with van der Waals surface area (Å²) in [6, 6.07) is 7.24. The first-order valence-corrected chi connectivity index (χ1v) is 9.01. The lowest BCUT2D eigenvalue weighted by Gasteiger charge is -2.36. The van der Waals surface area contributed by atoms with Crippen molar-refractivity contribution in [2.45, 2.75) is 45.4 Å². The zero-order valence-electron chi connectivity index (χ0n) is 14.3. The number of hydrogen-bond acceptors (Lipinski definition) is 3. The standard InChI is InChI=1S/C19H30N2O2/c1-2-3-4-5-6-7-12-20-13-15-21(16-14-20)18-10-8-17(9-11-18)19(22)23/h8-11H,2-7,12-16H2,1H3,(H,22,23). The Balaban J connectivity index is 1.66. The van der Waals surface area contributed by atoms with Crippen LogP contribution in [-0.2, 0) is 0 Å². The number of benzene rings is 1. The van der Waals surface area contributed by atoms with Gasteiger partial charge in [-0.05, 0) is 37.2 Å². The number of rotatable bonds is 9. The van der Waals surface area contributed by atoms with Crippen molar-refractivity contribution < 1.29 is 9.90 Å². The van der Waals surface area contributed by atoms with Crippen LogP contribution in [0.15, 0.2) is 24.3 Å². The van der Waals surface area contributed by atoms with Gasteiger partial charge in [-0.3, -0.25) is 4.90 Å². The van der Waals surface area contributed by atoms with Gasteiger partial charge in [0.25, 0.3) is 0 Å². The average Bonchev–Trinajstić information content (AvgIpc) is 2.58. The van der Waals surface area contributed by atoms with Crippen molar-refractivity contribution >= 4 is 11.7 Å². The van der Waals surface area contributed by atoms with E-state index in [4.69, 9.17) is 5.11 Å². The van der Waals surface area contributed by atoms with Crippen molar-refractivity contribution in [3.05, 3.63) is 29.8 Å². The highest BCUT2D eigenvalue weighted by molar-refractivity contribution is 5.88. The van der Waals surface area contributed by atoms with Crippen LogP contribution in [0, 0.1) is 0 Å². The van der Waals surface area contributed by atoms with E-state index in [1.807, 2.05) is 12.1 Å². The minimum atomic E-state index is -0.861. The van der Waals surface area contributed by atoms with Gasteiger partial charge in [-0.1, -0.05) is 39.0 Å². The number of carbonyl (C=O) groups is 1. The molecule has 128 valence electrons. The van der Waals surface area contributed by atoms with Crippen molar-refractivity contribution in [2.24, 2.45) is 0 Å². The fourth-order valence-corrected chi connectivity index (χ4v) is 3.16. The molecule has 0 spiro atoms. The van der Waals surface area contributed by atoms with Crippen LogP contribution in [0.5, 0.6) is 0 Å². The number of carboxylic acid groups (broad SMARTS) is 1. The van der Waals surface area contributed by atoms with E-state index < -0.39 is 5.97 Å². The summed E-state index contributed by atoms with van der Waals surface area (Å²) in [6.45, 7) is 7.75. The molecule has 0 radical (unpaired) electrons. The molecule has 23 heavy (non-hydrogen) atoms. The van der Waals surface area contributed by atoms with E-state index in [1.165, 1.54) is 45.1 Å². The predicted octanol–water partition coefficient (Wildman–Crippen LogP) is 3.87. The largest absolute Gasteiger partial charge is 0.478 e. The summed E-state index contributed by atoms with van der Waals surface area (Å²) < 4.78 is 0. The fraction of sp³-hybridized carbons (Fsp3) is 0.632. The minimum Gasteiger partial charge on any atom is -0.478 e. The fourth-order valence-electron chi connectivity index (χ4n) is 3.16. The van der Waals surface area contributed by atoms with Crippen LogP contribution in [0.4, 0.5) is 5.69 Å². The summed E-state index contributed by atoms with van der Waals surface area (Å²) in [5.41, 5.74) is 1.49. The number of unbranched alkanes of at least 4 members (excludes halogenated alkanes) is 5. The van der Waals surface area contributed by atoms with Crippen molar-refractivity contribution in [3.8, 4) is 0 Å². The van der Waals surface area contributed by atoms with Gasteiger partial charge in [0, 0.05) is 31.9 Å². The number of nitrogens with zero attached hydrogens (tertiary/aromatic N) is 2. The Morgan fingerprint density at radius 1 is 0.957 bits per heavy atom. The molecule has 1 aromatic rings. The Kier molecular flexibility index (Phi) is 7.40. The first kappa shape index (κ1) is 17.8. The maximum atomic E-state index is 10.9. The molecule has 2 rings (SSSR count). The molecule has 1 aliphatic rings. The van der Waals surface area contributed by atoms with Gasteiger partial charge in [0.15, 0.2) is 0 Å². The van der Waals surface area contributed by atoms with Crippen LogP contribution < -0.4 is 4.90 Å². The van der Waals surface area contributed by atoms with Gasteiger partial charge in [-0.15, -0.1) is 0 Å². The van der Waals surface area contributed by atoms with E-state index in [9.17, 15) is 4.79 Å². The van der Waals surface area contributed by atoms with Gasteiger partial charge in [0.05, 0.1) is 5.56 Å². The molecule has 0 unspecified atom stereocenters. The lowest BCUT2D eigenvalue weighted by molar-refractivity contribution is 0.0697. The lowest BCUT2D eigenvalue weighted by atomic mass is 10.1. The first-order valence-electron chi connectivity index (χ1n) is 9.01. The Bertz CT molecular complexity index is 465. The summed E-state index contributed by atoms with van der Waals surface area (Å²) in [6.07, 6.45) is 8.13. The van der Waals surface area contributed by atoms with E-state index in [1.54, 1.807) is 12.1 Å². The van der Waals surface area contributed by atoms with Crippen LogP contribution in [0.1, 0.15) is 55.8 Å². The summed E-state index contributed by atoms with van der Waals surface area (Å²) >= 11 is 0. The third kappa shape index (κ3) is 5.87. The van der Waals surface area contributed by atoms with Gasteiger partial charge in [-0.25, -0.2) is 4.79 Å². The molecule has 1 aliphatic heterocycles. The Morgan fingerprint density at radius 3 is 2.17 bits per heavy atom. The molecule has 0 atom stereocenters. The molecule has 0 bridgehead atoms. The molecular weight excluding hydrogens is 288 g/mol. The zero-order valence-corrected chi connectivity index (χ0v) is 14.3. The average molecular weight is 318 g/mol. The van der Waals surface area contributed by atoms with Crippen LogP contribution in [0.25, 0.3) is 0 Å². The maximum Gasteiger partial charge on any atom is 0.335 e. The number of aromatic carboxylic acids is 1. The summed E-state index contributed by atoms with van der Waals surface area (Å²) in [5.74, 6) is -0.861. The monoisotopic (exact) mass is 318 g/mol. The molecule has 1 N–H and O–H groups in total. The summed E-state index contributed by atoms with van der Waals surface area (Å²) in [7, 11) is 0. The number of anilines is 1. The number of carboxylic acids is 1. The van der Waals surface area contributed by atoms with Crippen molar-refractivity contribution in [3.63, 3.8) is 0 Å². The normalized spacial score (nSPS) is 15.8. The lowest BCUT2D eigenvalue weighted by Crippen LogP contribution is -2.46. The zero-order chi connectivity index (χ0) is 16.5. The third-order valence-electron chi connectivity index (χ3n) is 4.68. The quantitative estimate of drug-likeness (QED) is 0.702. The van der Waals surface area contributed by atoms with E-state index in [0.717, 1.165) is 31.9 Å². The Morgan fingerprint density at radius 2 is 1.57 bits per heavy atom. The second-order valence-electron chi connectivity index (χ2n) is 6.45. The van der Waals surface area contributed by atoms with Crippen LogP contribution in [0.2, 0.25) is 0 Å². The molecule has 1 saturated heterocycles. The molecule has 4 nitrogen and oxygen atoms in total. The highest BCUT2D eigenvalue weighted by Gasteiger charge is 2.17. The maximum absolute atomic E-state index is 10.9. The Hall–Kier alpha value is -1.55. The van der Waals surface area contributed by atoms with Gasteiger partial charge >= 0.3 is 5.97 Å². The van der Waals surface area contributed by atoms with Gasteiger partial charge < -0.3 is 10.0 Å². The molecule has 0 aromatic heterocycles. The van der Waals surface area contributed by atoms with Gasteiger partial charge in [0.2, 0.25) is 0 Å². The highest BCUT2D eigenvalue weighted by atomic mass is 16.4. The van der Waals surface area contributed by atoms with Gasteiger partial charge in [-0.2, -0.15) is 0 Å².